The molecule has 1 aliphatic carbocycles. The average Bonchev–Trinajstić information content (AvgIpc) is 3.33. The van der Waals surface area contributed by atoms with Crippen molar-refractivity contribution in [3.8, 4) is 0 Å². The fraction of sp³-hybridized carbons (Fsp3) is 0.440. The molecule has 0 N–H and O–H groups in total. The molecule has 33 heavy (non-hydrogen) atoms. The van der Waals surface area contributed by atoms with Crippen molar-refractivity contribution in [2.75, 3.05) is 13.6 Å². The molecule has 5 rings (SSSR count). The van der Waals surface area contributed by atoms with E-state index in [9.17, 15) is 9.59 Å². The van der Waals surface area contributed by atoms with Crippen LogP contribution in [0.5, 0.6) is 0 Å². The fourth-order valence-corrected chi connectivity index (χ4v) is 5.04. The van der Waals surface area contributed by atoms with Gasteiger partial charge in [-0.15, -0.1) is 11.3 Å². The van der Waals surface area contributed by atoms with Crippen LogP contribution in [0.25, 0.3) is 0 Å². The number of hydrogen-bond acceptors (Lipinski definition) is 5. The van der Waals surface area contributed by atoms with Crippen molar-refractivity contribution in [3.05, 3.63) is 68.9 Å². The Hall–Kier alpha value is -3.00. The van der Waals surface area contributed by atoms with Crippen molar-refractivity contribution >= 4 is 23.2 Å². The van der Waals surface area contributed by atoms with E-state index in [4.69, 9.17) is 5.10 Å². The molecule has 0 unspecified atom stereocenters. The second-order valence-corrected chi connectivity index (χ2v) is 9.99. The maximum atomic E-state index is 13.4. The number of benzene rings is 1. The highest BCUT2D eigenvalue weighted by molar-refractivity contribution is 7.07. The summed E-state index contributed by atoms with van der Waals surface area (Å²) in [7, 11) is 1.79. The van der Waals surface area contributed by atoms with Crippen LogP contribution in [0.15, 0.2) is 35.2 Å². The number of nitrogens with zero attached hydrogens (tertiary/aromatic N) is 5. The third kappa shape index (κ3) is 4.85. The van der Waals surface area contributed by atoms with E-state index >= 15 is 0 Å². The number of fused-ring (bicyclic) bond motifs is 1. The number of aryl methyl sites for hydroxylation is 1. The summed E-state index contributed by atoms with van der Waals surface area (Å²) in [6.45, 7) is 4.45. The molecule has 2 amide bonds. The SMILES string of the molecule is Cc1cccc(CC(=O)N2CCc3c(c(C(=O)N(C)Cc4cscn4)nn3CC3CC3)C2)c1. The molecule has 2 aromatic heterocycles. The molecule has 1 aromatic carbocycles. The summed E-state index contributed by atoms with van der Waals surface area (Å²) in [5.74, 6) is 0.642. The molecule has 0 bridgehead atoms. The maximum absolute atomic E-state index is 13.4. The Balaban J connectivity index is 1.37. The van der Waals surface area contributed by atoms with E-state index in [0.717, 1.165) is 41.0 Å². The van der Waals surface area contributed by atoms with Gasteiger partial charge in [-0.2, -0.15) is 5.10 Å². The lowest BCUT2D eigenvalue weighted by atomic mass is 10.0. The van der Waals surface area contributed by atoms with Crippen molar-refractivity contribution in [1.29, 1.82) is 0 Å². The zero-order chi connectivity index (χ0) is 22.9. The molecule has 8 heteroatoms. The molecular weight excluding hydrogens is 434 g/mol. The molecule has 0 saturated heterocycles. The van der Waals surface area contributed by atoms with E-state index in [2.05, 4.69) is 11.1 Å². The van der Waals surface area contributed by atoms with Crippen LogP contribution in [-0.4, -0.2) is 50.0 Å². The molecule has 1 aliphatic heterocycles. The van der Waals surface area contributed by atoms with Crippen LogP contribution >= 0.6 is 11.3 Å². The van der Waals surface area contributed by atoms with E-state index in [0.29, 0.717) is 37.7 Å². The van der Waals surface area contributed by atoms with Crippen LogP contribution in [0.3, 0.4) is 0 Å². The van der Waals surface area contributed by atoms with Crippen molar-refractivity contribution in [1.82, 2.24) is 24.6 Å². The molecular formula is C25H29N5O2S. The number of thiazole rings is 1. The van der Waals surface area contributed by atoms with Gasteiger partial charge < -0.3 is 9.80 Å². The Labute approximate surface area is 198 Å². The Morgan fingerprint density at radius 3 is 2.85 bits per heavy atom. The van der Waals surface area contributed by atoms with Gasteiger partial charge in [0.2, 0.25) is 5.91 Å². The minimum absolute atomic E-state index is 0.0930. The first-order valence-electron chi connectivity index (χ1n) is 11.5. The third-order valence-corrected chi connectivity index (χ3v) is 7.12. The smallest absolute Gasteiger partial charge is 0.274 e. The van der Waals surface area contributed by atoms with Crippen LogP contribution in [0.4, 0.5) is 0 Å². The largest absolute Gasteiger partial charge is 0.338 e. The van der Waals surface area contributed by atoms with Crippen molar-refractivity contribution in [2.24, 2.45) is 5.92 Å². The number of rotatable bonds is 7. The lowest BCUT2D eigenvalue weighted by Crippen LogP contribution is -2.38. The minimum atomic E-state index is -0.109. The summed E-state index contributed by atoms with van der Waals surface area (Å²) in [5, 5.41) is 6.74. The van der Waals surface area contributed by atoms with Crippen LogP contribution in [-0.2, 0) is 37.3 Å². The first-order chi connectivity index (χ1) is 16.0. The van der Waals surface area contributed by atoms with Gasteiger partial charge in [0.25, 0.3) is 5.91 Å². The monoisotopic (exact) mass is 463 g/mol. The van der Waals surface area contributed by atoms with Crippen LogP contribution in [0.1, 0.15) is 51.4 Å². The van der Waals surface area contributed by atoms with Crippen LogP contribution < -0.4 is 0 Å². The summed E-state index contributed by atoms with van der Waals surface area (Å²) >= 11 is 1.52. The predicted octanol–water partition coefficient (Wildman–Crippen LogP) is 3.46. The third-order valence-electron chi connectivity index (χ3n) is 6.48. The normalized spacial score (nSPS) is 15.4. The molecule has 0 spiro atoms. The van der Waals surface area contributed by atoms with E-state index < -0.39 is 0 Å². The Morgan fingerprint density at radius 1 is 1.27 bits per heavy atom. The van der Waals surface area contributed by atoms with E-state index in [1.807, 2.05) is 40.1 Å². The molecule has 172 valence electrons. The van der Waals surface area contributed by atoms with Crippen molar-refractivity contribution < 1.29 is 9.59 Å². The number of aromatic nitrogens is 3. The Bertz CT molecular complexity index is 1170. The van der Waals surface area contributed by atoms with Gasteiger partial charge in [0, 0.05) is 49.7 Å². The highest BCUT2D eigenvalue weighted by Crippen LogP contribution is 2.33. The average molecular weight is 464 g/mol. The van der Waals surface area contributed by atoms with Gasteiger partial charge in [-0.3, -0.25) is 14.3 Å². The number of carbonyl (C=O) groups is 2. The van der Waals surface area contributed by atoms with Gasteiger partial charge in [0.05, 0.1) is 24.2 Å². The molecule has 1 saturated carbocycles. The zero-order valence-electron chi connectivity index (χ0n) is 19.2. The van der Waals surface area contributed by atoms with Gasteiger partial charge >= 0.3 is 0 Å². The second-order valence-electron chi connectivity index (χ2n) is 9.27. The van der Waals surface area contributed by atoms with E-state index in [1.54, 1.807) is 17.5 Å². The van der Waals surface area contributed by atoms with E-state index in [-0.39, 0.29) is 11.8 Å². The van der Waals surface area contributed by atoms with Gasteiger partial charge in [0.1, 0.15) is 0 Å². The fourth-order valence-electron chi connectivity index (χ4n) is 4.49. The van der Waals surface area contributed by atoms with Crippen LogP contribution in [0.2, 0.25) is 0 Å². The lowest BCUT2D eigenvalue weighted by Gasteiger charge is -2.28. The van der Waals surface area contributed by atoms with Gasteiger partial charge in [-0.25, -0.2) is 4.98 Å². The minimum Gasteiger partial charge on any atom is -0.338 e. The molecule has 0 radical (unpaired) electrons. The summed E-state index contributed by atoms with van der Waals surface area (Å²) in [4.78, 5) is 34.3. The first-order valence-corrected chi connectivity index (χ1v) is 12.5. The Morgan fingerprint density at radius 2 is 2.12 bits per heavy atom. The number of carbonyl (C=O) groups excluding carboxylic acids is 2. The molecule has 3 aromatic rings. The van der Waals surface area contributed by atoms with Gasteiger partial charge in [-0.05, 0) is 31.2 Å². The standard InChI is InChI=1S/C25H29N5O2S/c1-17-4-3-5-19(10-17)11-23(31)29-9-8-22-21(14-29)24(27-30(22)12-18-6-7-18)25(32)28(2)13-20-15-33-16-26-20/h3-5,10,15-16,18H,6-9,11-14H2,1-2H3. The molecule has 3 heterocycles. The van der Waals surface area contributed by atoms with Gasteiger partial charge in [0.15, 0.2) is 5.69 Å². The first kappa shape index (κ1) is 21.8. The second kappa shape index (κ2) is 9.09. The summed E-state index contributed by atoms with van der Waals surface area (Å²) in [6, 6.07) is 8.08. The van der Waals surface area contributed by atoms with Crippen molar-refractivity contribution in [3.63, 3.8) is 0 Å². The molecule has 1 fully saturated rings. The number of hydrogen-bond donors (Lipinski definition) is 0. The quantitative estimate of drug-likeness (QED) is 0.538. The highest BCUT2D eigenvalue weighted by Gasteiger charge is 2.33. The molecule has 2 aliphatic rings. The zero-order valence-corrected chi connectivity index (χ0v) is 20.0. The van der Waals surface area contributed by atoms with Gasteiger partial charge in [-0.1, -0.05) is 29.8 Å². The highest BCUT2D eigenvalue weighted by atomic mass is 32.1. The lowest BCUT2D eigenvalue weighted by molar-refractivity contribution is -0.131. The number of amides is 2. The molecule has 7 nitrogen and oxygen atoms in total. The maximum Gasteiger partial charge on any atom is 0.274 e. The summed E-state index contributed by atoms with van der Waals surface area (Å²) in [6.07, 6.45) is 3.56. The van der Waals surface area contributed by atoms with E-state index in [1.165, 1.54) is 24.2 Å². The van der Waals surface area contributed by atoms with Crippen molar-refractivity contribution in [2.45, 2.75) is 52.2 Å². The summed E-state index contributed by atoms with van der Waals surface area (Å²) < 4.78 is 2.04. The Kier molecular flexibility index (Phi) is 6.01. The topological polar surface area (TPSA) is 71.3 Å². The predicted molar refractivity (Wildman–Crippen MR) is 127 cm³/mol. The summed E-state index contributed by atoms with van der Waals surface area (Å²) in [5.41, 5.74) is 7.33. The molecule has 0 atom stereocenters. The van der Waals surface area contributed by atoms with Crippen LogP contribution in [0, 0.1) is 12.8 Å².